The van der Waals surface area contributed by atoms with Gasteiger partial charge in [-0.1, -0.05) is 32.0 Å². The van der Waals surface area contributed by atoms with Gasteiger partial charge in [0.2, 0.25) is 5.91 Å². The average molecular weight is 396 g/mol. The average Bonchev–Trinajstić information content (AvgIpc) is 2.73. The van der Waals surface area contributed by atoms with Gasteiger partial charge in [-0.25, -0.2) is 4.98 Å². The lowest BCUT2D eigenvalue weighted by atomic mass is 10.0. The third kappa shape index (κ3) is 5.32. The second kappa shape index (κ2) is 9.52. The van der Waals surface area contributed by atoms with Crippen LogP contribution in [0.5, 0.6) is 0 Å². The Morgan fingerprint density at radius 1 is 1.10 bits per heavy atom. The van der Waals surface area contributed by atoms with Crippen LogP contribution in [-0.2, 0) is 9.53 Å². The number of amides is 2. The molecule has 2 aromatic rings. The fourth-order valence-electron chi connectivity index (χ4n) is 3.25. The van der Waals surface area contributed by atoms with Crippen LogP contribution in [0.25, 0.3) is 0 Å². The van der Waals surface area contributed by atoms with Crippen LogP contribution < -0.4 is 15.5 Å². The molecule has 7 heteroatoms. The predicted molar refractivity (Wildman–Crippen MR) is 113 cm³/mol. The molecule has 0 bridgehead atoms. The Labute approximate surface area is 171 Å². The first kappa shape index (κ1) is 20.8. The Balaban J connectivity index is 1.65. The number of carbonyl (C=O) groups is 2. The molecular weight excluding hydrogens is 368 g/mol. The van der Waals surface area contributed by atoms with Crippen molar-refractivity contribution in [2.75, 3.05) is 36.5 Å². The van der Waals surface area contributed by atoms with E-state index < -0.39 is 6.04 Å². The summed E-state index contributed by atoms with van der Waals surface area (Å²) in [6, 6.07) is 10.4. The monoisotopic (exact) mass is 396 g/mol. The number of nitrogens with zero attached hydrogens (tertiary/aromatic N) is 2. The molecule has 2 amide bonds. The molecule has 1 aromatic heterocycles. The number of nitrogens with one attached hydrogen (secondary N) is 2. The zero-order chi connectivity index (χ0) is 20.8. The van der Waals surface area contributed by atoms with Crippen molar-refractivity contribution in [2.24, 2.45) is 5.92 Å². The molecule has 154 valence electrons. The van der Waals surface area contributed by atoms with Crippen molar-refractivity contribution in [1.29, 1.82) is 0 Å². The SMILES string of the molecule is Cc1ccccc1C(=O)NC(C(=O)Nc1ccc(N2CCOCC2)cn1)C(C)C. The molecule has 1 aliphatic heterocycles. The summed E-state index contributed by atoms with van der Waals surface area (Å²) >= 11 is 0. The molecular formula is C22H28N4O3. The fourth-order valence-corrected chi connectivity index (χ4v) is 3.25. The number of hydrogen-bond acceptors (Lipinski definition) is 5. The van der Waals surface area contributed by atoms with E-state index in [1.807, 2.05) is 45.0 Å². The number of aryl methyl sites for hydroxylation is 1. The number of rotatable bonds is 6. The summed E-state index contributed by atoms with van der Waals surface area (Å²) < 4.78 is 5.36. The molecule has 2 heterocycles. The van der Waals surface area contributed by atoms with Gasteiger partial charge in [0.05, 0.1) is 25.1 Å². The molecule has 3 rings (SSSR count). The van der Waals surface area contributed by atoms with Crippen LogP contribution in [0.4, 0.5) is 11.5 Å². The van der Waals surface area contributed by atoms with Gasteiger partial charge in [-0.15, -0.1) is 0 Å². The van der Waals surface area contributed by atoms with E-state index in [1.165, 1.54) is 0 Å². The molecule has 29 heavy (non-hydrogen) atoms. The van der Waals surface area contributed by atoms with Crippen LogP contribution in [0.1, 0.15) is 29.8 Å². The van der Waals surface area contributed by atoms with Gasteiger partial charge in [0.15, 0.2) is 0 Å². The topological polar surface area (TPSA) is 83.6 Å². The highest BCUT2D eigenvalue weighted by Gasteiger charge is 2.25. The summed E-state index contributed by atoms with van der Waals surface area (Å²) in [6.07, 6.45) is 1.75. The van der Waals surface area contributed by atoms with E-state index in [1.54, 1.807) is 18.3 Å². The minimum Gasteiger partial charge on any atom is -0.378 e. The summed E-state index contributed by atoms with van der Waals surface area (Å²) in [4.78, 5) is 32.0. The Bertz CT molecular complexity index is 845. The smallest absolute Gasteiger partial charge is 0.252 e. The Morgan fingerprint density at radius 3 is 2.45 bits per heavy atom. The van der Waals surface area contributed by atoms with Crippen LogP contribution in [-0.4, -0.2) is 49.1 Å². The maximum atomic E-state index is 12.8. The standard InChI is InChI=1S/C22H28N4O3/c1-15(2)20(25-21(27)18-7-5-4-6-16(18)3)22(28)24-19-9-8-17(14-23-19)26-10-12-29-13-11-26/h4-9,14-15,20H,10-13H2,1-3H3,(H,25,27)(H,23,24,28). The quantitative estimate of drug-likeness (QED) is 0.784. The minimum absolute atomic E-state index is 0.0735. The molecule has 2 N–H and O–H groups in total. The lowest BCUT2D eigenvalue weighted by Gasteiger charge is -2.28. The molecule has 7 nitrogen and oxygen atoms in total. The van der Waals surface area contributed by atoms with E-state index in [4.69, 9.17) is 4.74 Å². The number of hydrogen-bond donors (Lipinski definition) is 2. The molecule has 0 spiro atoms. The Morgan fingerprint density at radius 2 is 1.83 bits per heavy atom. The molecule has 1 unspecified atom stereocenters. The third-order valence-electron chi connectivity index (χ3n) is 5.00. The van der Waals surface area contributed by atoms with E-state index >= 15 is 0 Å². The molecule has 1 fully saturated rings. The van der Waals surface area contributed by atoms with E-state index in [2.05, 4.69) is 20.5 Å². The van der Waals surface area contributed by atoms with Crippen molar-refractivity contribution in [3.05, 3.63) is 53.7 Å². The second-order valence-corrected chi connectivity index (χ2v) is 7.50. The maximum absolute atomic E-state index is 12.8. The van der Waals surface area contributed by atoms with Gasteiger partial charge < -0.3 is 20.3 Å². The number of ether oxygens (including phenoxy) is 1. The maximum Gasteiger partial charge on any atom is 0.252 e. The number of benzene rings is 1. The minimum atomic E-state index is -0.664. The van der Waals surface area contributed by atoms with Gasteiger partial charge in [0, 0.05) is 18.7 Å². The number of morpholine rings is 1. The highest BCUT2D eigenvalue weighted by Crippen LogP contribution is 2.17. The van der Waals surface area contributed by atoms with Gasteiger partial charge in [-0.05, 0) is 36.6 Å². The van der Waals surface area contributed by atoms with E-state index in [9.17, 15) is 9.59 Å². The summed E-state index contributed by atoms with van der Waals surface area (Å²) in [5, 5.41) is 5.67. The van der Waals surface area contributed by atoms with Crippen molar-refractivity contribution in [1.82, 2.24) is 10.3 Å². The number of carbonyl (C=O) groups excluding carboxylic acids is 2. The summed E-state index contributed by atoms with van der Waals surface area (Å²) in [6.45, 7) is 8.74. The van der Waals surface area contributed by atoms with Crippen molar-refractivity contribution in [3.63, 3.8) is 0 Å². The molecule has 0 saturated carbocycles. The first-order valence-electron chi connectivity index (χ1n) is 9.92. The van der Waals surface area contributed by atoms with Crippen LogP contribution >= 0.6 is 0 Å². The number of aromatic nitrogens is 1. The fraction of sp³-hybridized carbons (Fsp3) is 0.409. The van der Waals surface area contributed by atoms with E-state index in [-0.39, 0.29) is 17.7 Å². The van der Waals surface area contributed by atoms with Crippen LogP contribution in [0.2, 0.25) is 0 Å². The molecule has 0 aliphatic carbocycles. The number of anilines is 2. The van der Waals surface area contributed by atoms with Crippen molar-refractivity contribution in [3.8, 4) is 0 Å². The molecule has 1 saturated heterocycles. The Hall–Kier alpha value is -2.93. The lowest BCUT2D eigenvalue weighted by Crippen LogP contribution is -2.47. The zero-order valence-electron chi connectivity index (χ0n) is 17.1. The van der Waals surface area contributed by atoms with Crippen LogP contribution in [0.15, 0.2) is 42.6 Å². The number of pyridine rings is 1. The van der Waals surface area contributed by atoms with E-state index in [0.717, 1.165) is 24.3 Å². The van der Waals surface area contributed by atoms with E-state index in [0.29, 0.717) is 24.6 Å². The predicted octanol–water partition coefficient (Wildman–Crippen LogP) is 2.62. The molecule has 1 aliphatic rings. The van der Waals surface area contributed by atoms with Crippen LogP contribution in [0.3, 0.4) is 0 Å². The van der Waals surface area contributed by atoms with Crippen molar-refractivity contribution >= 4 is 23.3 Å². The summed E-state index contributed by atoms with van der Waals surface area (Å²) in [5.41, 5.74) is 2.44. The Kier molecular flexibility index (Phi) is 6.82. The van der Waals surface area contributed by atoms with Crippen molar-refractivity contribution < 1.29 is 14.3 Å². The van der Waals surface area contributed by atoms with Crippen molar-refractivity contribution in [2.45, 2.75) is 26.8 Å². The summed E-state index contributed by atoms with van der Waals surface area (Å²) in [5.74, 6) is -0.153. The van der Waals surface area contributed by atoms with Gasteiger partial charge in [-0.3, -0.25) is 9.59 Å². The first-order valence-corrected chi connectivity index (χ1v) is 9.92. The largest absolute Gasteiger partial charge is 0.378 e. The molecule has 1 atom stereocenters. The normalized spacial score (nSPS) is 15.1. The van der Waals surface area contributed by atoms with Gasteiger partial charge in [-0.2, -0.15) is 0 Å². The van der Waals surface area contributed by atoms with Gasteiger partial charge >= 0.3 is 0 Å². The molecule has 1 aromatic carbocycles. The van der Waals surface area contributed by atoms with Gasteiger partial charge in [0.1, 0.15) is 11.9 Å². The second-order valence-electron chi connectivity index (χ2n) is 7.50. The van der Waals surface area contributed by atoms with Gasteiger partial charge in [0.25, 0.3) is 5.91 Å². The third-order valence-corrected chi connectivity index (χ3v) is 5.00. The summed E-state index contributed by atoms with van der Waals surface area (Å²) in [7, 11) is 0. The highest BCUT2D eigenvalue weighted by atomic mass is 16.5. The first-order chi connectivity index (χ1) is 14.0. The zero-order valence-corrected chi connectivity index (χ0v) is 17.1. The van der Waals surface area contributed by atoms with Crippen LogP contribution in [0, 0.1) is 12.8 Å². The highest BCUT2D eigenvalue weighted by molar-refractivity contribution is 6.01. The lowest BCUT2D eigenvalue weighted by molar-refractivity contribution is -0.118. The molecule has 0 radical (unpaired) electrons.